The molecule has 0 radical (unpaired) electrons. The molecule has 1 unspecified atom stereocenters. The first kappa shape index (κ1) is 15.6. The summed E-state index contributed by atoms with van der Waals surface area (Å²) in [6.45, 7) is 0. The van der Waals surface area contributed by atoms with Crippen molar-refractivity contribution in [2.24, 2.45) is 4.99 Å². The van der Waals surface area contributed by atoms with Gasteiger partial charge in [0.15, 0.2) is 5.17 Å². The van der Waals surface area contributed by atoms with E-state index in [0.717, 1.165) is 16.5 Å². The maximum atomic E-state index is 12.3. The third kappa shape index (κ3) is 3.37. The molecular weight excluding hydrogens is 310 g/mol. The lowest BCUT2D eigenvalue weighted by molar-refractivity contribution is -0.121. The second-order valence-corrected chi connectivity index (χ2v) is 6.68. The van der Waals surface area contributed by atoms with Crippen LogP contribution >= 0.6 is 11.8 Å². The van der Waals surface area contributed by atoms with Crippen LogP contribution in [0.1, 0.15) is 6.42 Å². The summed E-state index contributed by atoms with van der Waals surface area (Å²) < 4.78 is 0. The fourth-order valence-corrected chi connectivity index (χ4v) is 3.40. The number of fused-ring (bicyclic) bond motifs is 1. The molecule has 6 heteroatoms. The largest absolute Gasteiger partial charge is 0.357 e. The van der Waals surface area contributed by atoms with Crippen molar-refractivity contribution >= 4 is 45.2 Å². The lowest BCUT2D eigenvalue weighted by Gasteiger charge is -2.12. The summed E-state index contributed by atoms with van der Waals surface area (Å²) in [5.74, 6) is -0.422. The molecule has 0 saturated heterocycles. The van der Waals surface area contributed by atoms with Crippen molar-refractivity contribution < 1.29 is 9.59 Å². The molecule has 0 fully saturated rings. The highest BCUT2D eigenvalue weighted by Gasteiger charge is 2.31. The Kier molecular flexibility index (Phi) is 4.34. The van der Waals surface area contributed by atoms with Crippen LogP contribution in [0.3, 0.4) is 0 Å². The molecule has 0 aliphatic carbocycles. The number of hydrogen-bond donors (Lipinski definition) is 1. The second kappa shape index (κ2) is 6.42. The molecule has 0 bridgehead atoms. The molecule has 0 saturated carbocycles. The Labute approximate surface area is 138 Å². The van der Waals surface area contributed by atoms with Gasteiger partial charge in [-0.15, -0.1) is 0 Å². The number of anilines is 1. The zero-order valence-corrected chi connectivity index (χ0v) is 13.8. The summed E-state index contributed by atoms with van der Waals surface area (Å²) in [5.41, 5.74) is 0.761. The first-order valence-corrected chi connectivity index (χ1v) is 8.16. The standard InChI is InChI=1S/C17H17N3O2S/c1-20(2)17-19-16(22)14(23-17)10-15(21)18-13-9-5-7-11-6-3-4-8-12(11)13/h3-9,14H,10H2,1-2H3,(H,18,21). The first-order valence-electron chi connectivity index (χ1n) is 7.29. The number of hydrogen-bond acceptors (Lipinski definition) is 4. The quantitative estimate of drug-likeness (QED) is 0.941. The van der Waals surface area contributed by atoms with E-state index in [4.69, 9.17) is 0 Å². The topological polar surface area (TPSA) is 61.8 Å². The highest BCUT2D eigenvalue weighted by Crippen LogP contribution is 2.27. The fraction of sp³-hybridized carbons (Fsp3) is 0.235. The third-order valence-electron chi connectivity index (χ3n) is 3.55. The van der Waals surface area contributed by atoms with Gasteiger partial charge in [-0.25, -0.2) is 0 Å². The Morgan fingerprint density at radius 3 is 2.70 bits per heavy atom. The van der Waals surface area contributed by atoms with Gasteiger partial charge in [0.1, 0.15) is 5.25 Å². The molecule has 118 valence electrons. The maximum Gasteiger partial charge on any atom is 0.262 e. The summed E-state index contributed by atoms with van der Waals surface area (Å²) in [4.78, 5) is 29.9. The highest BCUT2D eigenvalue weighted by molar-refractivity contribution is 8.15. The van der Waals surface area contributed by atoms with Gasteiger partial charge in [-0.3, -0.25) is 9.59 Å². The summed E-state index contributed by atoms with van der Waals surface area (Å²) >= 11 is 1.33. The van der Waals surface area contributed by atoms with Crippen molar-refractivity contribution in [3.05, 3.63) is 42.5 Å². The van der Waals surface area contributed by atoms with Crippen molar-refractivity contribution in [3.63, 3.8) is 0 Å². The van der Waals surface area contributed by atoms with Crippen molar-refractivity contribution in [2.45, 2.75) is 11.7 Å². The number of carbonyl (C=O) groups excluding carboxylic acids is 2. The number of benzene rings is 2. The van der Waals surface area contributed by atoms with Crippen LogP contribution in [0.15, 0.2) is 47.5 Å². The normalized spacial score (nSPS) is 17.2. The van der Waals surface area contributed by atoms with Gasteiger partial charge in [-0.05, 0) is 11.5 Å². The predicted molar refractivity (Wildman–Crippen MR) is 94.7 cm³/mol. The van der Waals surface area contributed by atoms with Gasteiger partial charge in [0.25, 0.3) is 5.91 Å². The fourth-order valence-electron chi connectivity index (χ4n) is 2.41. The zero-order valence-electron chi connectivity index (χ0n) is 12.9. The maximum absolute atomic E-state index is 12.3. The number of thioether (sulfide) groups is 1. The number of amidine groups is 1. The van der Waals surface area contributed by atoms with Crippen LogP contribution in [0.2, 0.25) is 0 Å². The minimum absolute atomic E-state index is 0.119. The van der Waals surface area contributed by atoms with E-state index >= 15 is 0 Å². The molecule has 1 N–H and O–H groups in total. The number of nitrogens with zero attached hydrogens (tertiary/aromatic N) is 2. The van der Waals surface area contributed by atoms with E-state index in [0.29, 0.717) is 5.17 Å². The predicted octanol–water partition coefficient (Wildman–Crippen LogP) is 2.73. The average Bonchev–Trinajstić information content (AvgIpc) is 2.89. The van der Waals surface area contributed by atoms with E-state index in [1.54, 1.807) is 4.90 Å². The lowest BCUT2D eigenvalue weighted by Crippen LogP contribution is -2.22. The number of carbonyl (C=O) groups is 2. The van der Waals surface area contributed by atoms with Crippen molar-refractivity contribution in [3.8, 4) is 0 Å². The van der Waals surface area contributed by atoms with Crippen LogP contribution in [0.25, 0.3) is 10.8 Å². The van der Waals surface area contributed by atoms with Gasteiger partial charge in [0.05, 0.1) is 0 Å². The SMILES string of the molecule is CN(C)C1=NC(=O)C(CC(=O)Nc2cccc3ccccc23)S1. The minimum atomic E-state index is -0.442. The molecular formula is C17H17N3O2S. The molecule has 0 aromatic heterocycles. The number of amides is 2. The van der Waals surface area contributed by atoms with Crippen LogP contribution in [0, 0.1) is 0 Å². The van der Waals surface area contributed by atoms with Gasteiger partial charge < -0.3 is 10.2 Å². The summed E-state index contributed by atoms with van der Waals surface area (Å²) in [6, 6.07) is 13.6. The van der Waals surface area contributed by atoms with Crippen molar-refractivity contribution in [1.82, 2.24) is 4.90 Å². The highest BCUT2D eigenvalue weighted by atomic mass is 32.2. The van der Waals surface area contributed by atoms with Gasteiger partial charge in [0, 0.05) is 31.6 Å². The van der Waals surface area contributed by atoms with Crippen LogP contribution in [0.5, 0.6) is 0 Å². The van der Waals surface area contributed by atoms with E-state index in [9.17, 15) is 9.59 Å². The molecule has 2 aromatic carbocycles. The third-order valence-corrected chi connectivity index (χ3v) is 4.87. The summed E-state index contributed by atoms with van der Waals surface area (Å²) in [5, 5.41) is 5.17. The van der Waals surface area contributed by atoms with Gasteiger partial charge in [0.2, 0.25) is 5.91 Å². The van der Waals surface area contributed by atoms with Crippen molar-refractivity contribution in [2.75, 3.05) is 19.4 Å². The van der Waals surface area contributed by atoms with E-state index in [2.05, 4.69) is 10.3 Å². The Hall–Kier alpha value is -2.34. The van der Waals surface area contributed by atoms with Gasteiger partial charge in [-0.2, -0.15) is 4.99 Å². The molecule has 0 spiro atoms. The van der Waals surface area contributed by atoms with E-state index < -0.39 is 5.25 Å². The van der Waals surface area contributed by atoms with Crippen LogP contribution in [-0.4, -0.2) is 41.2 Å². The monoisotopic (exact) mass is 327 g/mol. The van der Waals surface area contributed by atoms with E-state index in [1.807, 2.05) is 56.6 Å². The summed E-state index contributed by atoms with van der Waals surface area (Å²) in [6.07, 6.45) is 0.119. The van der Waals surface area contributed by atoms with E-state index in [-0.39, 0.29) is 18.2 Å². The molecule has 1 atom stereocenters. The molecule has 1 heterocycles. The second-order valence-electron chi connectivity index (χ2n) is 5.51. The first-order chi connectivity index (χ1) is 11.0. The smallest absolute Gasteiger partial charge is 0.262 e. The zero-order chi connectivity index (χ0) is 16.4. The molecule has 1 aliphatic rings. The lowest BCUT2D eigenvalue weighted by atomic mass is 10.1. The molecule has 2 amide bonds. The molecule has 1 aliphatic heterocycles. The Bertz CT molecular complexity index is 796. The number of nitrogens with one attached hydrogen (secondary N) is 1. The molecule has 3 rings (SSSR count). The molecule has 23 heavy (non-hydrogen) atoms. The Balaban J connectivity index is 1.69. The van der Waals surface area contributed by atoms with Crippen LogP contribution < -0.4 is 5.32 Å². The summed E-state index contributed by atoms with van der Waals surface area (Å²) in [7, 11) is 3.66. The van der Waals surface area contributed by atoms with Gasteiger partial charge in [-0.1, -0.05) is 48.2 Å². The van der Waals surface area contributed by atoms with Crippen LogP contribution in [-0.2, 0) is 9.59 Å². The molecule has 5 nitrogen and oxygen atoms in total. The Morgan fingerprint density at radius 1 is 1.22 bits per heavy atom. The van der Waals surface area contributed by atoms with Crippen molar-refractivity contribution in [1.29, 1.82) is 0 Å². The number of aliphatic imine (C=N–C) groups is 1. The minimum Gasteiger partial charge on any atom is -0.357 e. The van der Waals surface area contributed by atoms with Crippen LogP contribution in [0.4, 0.5) is 5.69 Å². The van der Waals surface area contributed by atoms with E-state index in [1.165, 1.54) is 11.8 Å². The average molecular weight is 327 g/mol. The van der Waals surface area contributed by atoms with Gasteiger partial charge >= 0.3 is 0 Å². The number of rotatable bonds is 3. The molecule has 2 aromatic rings. The Morgan fingerprint density at radius 2 is 1.96 bits per heavy atom.